The van der Waals surface area contributed by atoms with Crippen LogP contribution in [0.4, 0.5) is 0 Å². The Hall–Kier alpha value is -2.40. The second kappa shape index (κ2) is 4.61. The summed E-state index contributed by atoms with van der Waals surface area (Å²) in [5.74, 6) is 1.14. The van der Waals surface area contributed by atoms with Crippen molar-refractivity contribution in [2.75, 3.05) is 6.54 Å². The molecule has 0 aliphatic carbocycles. The summed E-state index contributed by atoms with van der Waals surface area (Å²) in [6.45, 7) is 1.95. The van der Waals surface area contributed by atoms with Crippen LogP contribution in [0.25, 0.3) is 23.0 Å². The summed E-state index contributed by atoms with van der Waals surface area (Å²) < 4.78 is 5.36. The van der Waals surface area contributed by atoms with Gasteiger partial charge < -0.3 is 14.8 Å². The molecule has 5 heteroatoms. The highest BCUT2D eigenvalue weighted by molar-refractivity contribution is 5.59. The second-order valence-electron chi connectivity index (χ2n) is 4.92. The number of hydrogen-bond acceptors (Lipinski definition) is 4. The summed E-state index contributed by atoms with van der Waals surface area (Å²) in [7, 11) is 0. The Morgan fingerprint density at radius 3 is 3.05 bits per heavy atom. The van der Waals surface area contributed by atoms with Crippen LogP contribution in [0.3, 0.4) is 0 Å². The van der Waals surface area contributed by atoms with Crippen molar-refractivity contribution in [2.24, 2.45) is 0 Å². The van der Waals surface area contributed by atoms with Crippen molar-refractivity contribution in [2.45, 2.75) is 13.0 Å². The first kappa shape index (κ1) is 11.4. The average molecular weight is 266 g/mol. The molecule has 20 heavy (non-hydrogen) atoms. The third-order valence-electron chi connectivity index (χ3n) is 3.60. The molecule has 2 aromatic heterocycles. The molecule has 0 atom stereocenters. The van der Waals surface area contributed by atoms with Crippen molar-refractivity contribution in [1.82, 2.24) is 20.4 Å². The van der Waals surface area contributed by atoms with Crippen LogP contribution in [0.15, 0.2) is 41.1 Å². The van der Waals surface area contributed by atoms with Crippen LogP contribution < -0.4 is 5.32 Å². The first-order valence-electron chi connectivity index (χ1n) is 6.70. The fourth-order valence-corrected chi connectivity index (χ4v) is 2.53. The summed E-state index contributed by atoms with van der Waals surface area (Å²) in [6, 6.07) is 10.2. The lowest BCUT2D eigenvalue weighted by atomic mass is 9.98. The second-order valence-corrected chi connectivity index (χ2v) is 4.92. The maximum Gasteiger partial charge on any atom is 0.258 e. The summed E-state index contributed by atoms with van der Waals surface area (Å²) in [6.07, 6.45) is 2.92. The molecule has 0 fully saturated rings. The zero-order chi connectivity index (χ0) is 13.4. The molecular weight excluding hydrogens is 252 g/mol. The van der Waals surface area contributed by atoms with Gasteiger partial charge in [-0.3, -0.25) is 0 Å². The molecule has 2 N–H and O–H groups in total. The largest absolute Gasteiger partial charge is 0.359 e. The summed E-state index contributed by atoms with van der Waals surface area (Å²) >= 11 is 0. The van der Waals surface area contributed by atoms with Crippen molar-refractivity contribution < 1.29 is 4.52 Å². The van der Waals surface area contributed by atoms with E-state index in [4.69, 9.17) is 4.52 Å². The number of nitrogens with zero attached hydrogens (tertiary/aromatic N) is 2. The smallest absolute Gasteiger partial charge is 0.258 e. The van der Waals surface area contributed by atoms with Gasteiger partial charge in [-0.1, -0.05) is 11.2 Å². The van der Waals surface area contributed by atoms with Crippen molar-refractivity contribution in [3.8, 4) is 23.0 Å². The van der Waals surface area contributed by atoms with Crippen LogP contribution in [0, 0.1) is 0 Å². The monoisotopic (exact) mass is 266 g/mol. The molecule has 1 aliphatic rings. The van der Waals surface area contributed by atoms with Crippen LogP contribution in [-0.4, -0.2) is 21.7 Å². The zero-order valence-electron chi connectivity index (χ0n) is 10.9. The minimum atomic E-state index is 0.558. The van der Waals surface area contributed by atoms with E-state index in [1.807, 2.05) is 18.3 Å². The zero-order valence-corrected chi connectivity index (χ0v) is 10.9. The highest BCUT2D eigenvalue weighted by Crippen LogP contribution is 2.24. The minimum Gasteiger partial charge on any atom is -0.359 e. The minimum absolute atomic E-state index is 0.558. The Balaban J connectivity index is 1.71. The maximum atomic E-state index is 5.36. The van der Waals surface area contributed by atoms with Crippen LogP contribution in [0.5, 0.6) is 0 Å². The fraction of sp³-hybridized carbons (Fsp3) is 0.200. The Morgan fingerprint density at radius 2 is 2.15 bits per heavy atom. The van der Waals surface area contributed by atoms with Crippen molar-refractivity contribution in [3.05, 3.63) is 47.7 Å². The molecule has 1 aromatic carbocycles. The quantitative estimate of drug-likeness (QED) is 0.747. The predicted molar refractivity (Wildman–Crippen MR) is 74.9 cm³/mol. The van der Waals surface area contributed by atoms with Gasteiger partial charge in [-0.05, 0) is 48.4 Å². The molecule has 0 amide bonds. The number of hydrogen-bond donors (Lipinski definition) is 2. The summed E-state index contributed by atoms with van der Waals surface area (Å²) in [4.78, 5) is 7.52. The highest BCUT2D eigenvalue weighted by Gasteiger charge is 2.14. The number of aromatic nitrogens is 3. The van der Waals surface area contributed by atoms with Gasteiger partial charge in [-0.15, -0.1) is 0 Å². The number of fused-ring (bicyclic) bond motifs is 1. The molecule has 0 unspecified atom stereocenters. The number of benzene rings is 1. The Bertz CT molecular complexity index is 730. The van der Waals surface area contributed by atoms with Gasteiger partial charge in [-0.2, -0.15) is 4.98 Å². The number of rotatable bonds is 2. The lowest BCUT2D eigenvalue weighted by Crippen LogP contribution is -2.23. The molecule has 100 valence electrons. The van der Waals surface area contributed by atoms with E-state index in [0.717, 1.165) is 30.8 Å². The molecule has 4 rings (SSSR count). The average Bonchev–Trinajstić information content (AvgIpc) is 3.17. The Morgan fingerprint density at radius 1 is 1.15 bits per heavy atom. The standard InChI is InChI=1S/C15H14N4O/c1-2-13(17-6-1)14-18-15(20-19-14)11-4-3-10-5-7-16-9-12(10)8-11/h1-4,6,8,16-17H,5,7,9H2. The SMILES string of the molecule is c1c[nH]c(-c2noc(-c3ccc4c(c3)CNCC4)n2)c1. The molecular formula is C15H14N4O. The van der Waals surface area contributed by atoms with Gasteiger partial charge in [0.2, 0.25) is 5.82 Å². The van der Waals surface area contributed by atoms with E-state index in [1.54, 1.807) is 0 Å². The molecule has 3 heterocycles. The van der Waals surface area contributed by atoms with E-state index in [0.29, 0.717) is 11.7 Å². The fourth-order valence-electron chi connectivity index (χ4n) is 2.53. The van der Waals surface area contributed by atoms with Crippen LogP contribution in [-0.2, 0) is 13.0 Å². The van der Waals surface area contributed by atoms with E-state index in [-0.39, 0.29) is 0 Å². The van der Waals surface area contributed by atoms with E-state index >= 15 is 0 Å². The lowest BCUT2D eigenvalue weighted by Gasteiger charge is -2.16. The van der Waals surface area contributed by atoms with Crippen LogP contribution in [0.1, 0.15) is 11.1 Å². The topological polar surface area (TPSA) is 66.7 Å². The third-order valence-corrected chi connectivity index (χ3v) is 3.60. The van der Waals surface area contributed by atoms with E-state index in [2.05, 4.69) is 38.6 Å². The first-order chi connectivity index (χ1) is 9.90. The van der Waals surface area contributed by atoms with E-state index in [1.165, 1.54) is 11.1 Å². The van der Waals surface area contributed by atoms with Crippen molar-refractivity contribution in [3.63, 3.8) is 0 Å². The van der Waals surface area contributed by atoms with Crippen molar-refractivity contribution >= 4 is 0 Å². The van der Waals surface area contributed by atoms with Gasteiger partial charge in [-0.25, -0.2) is 0 Å². The molecule has 0 spiro atoms. The summed E-state index contributed by atoms with van der Waals surface area (Å²) in [5.41, 5.74) is 4.54. The maximum absolute atomic E-state index is 5.36. The molecule has 1 aliphatic heterocycles. The van der Waals surface area contributed by atoms with Gasteiger partial charge in [0.15, 0.2) is 0 Å². The van der Waals surface area contributed by atoms with Crippen LogP contribution in [0.2, 0.25) is 0 Å². The third kappa shape index (κ3) is 1.92. The number of aromatic amines is 1. The van der Waals surface area contributed by atoms with Gasteiger partial charge in [0.1, 0.15) is 0 Å². The normalized spacial score (nSPS) is 14.2. The molecule has 5 nitrogen and oxygen atoms in total. The molecule has 0 bridgehead atoms. The lowest BCUT2D eigenvalue weighted by molar-refractivity contribution is 0.432. The highest BCUT2D eigenvalue weighted by atomic mass is 16.5. The number of nitrogens with one attached hydrogen (secondary N) is 2. The van der Waals surface area contributed by atoms with Gasteiger partial charge >= 0.3 is 0 Å². The van der Waals surface area contributed by atoms with Gasteiger partial charge in [0.25, 0.3) is 5.89 Å². The van der Waals surface area contributed by atoms with Crippen molar-refractivity contribution in [1.29, 1.82) is 0 Å². The molecule has 0 radical (unpaired) electrons. The Labute approximate surface area is 116 Å². The Kier molecular flexibility index (Phi) is 2.63. The van der Waals surface area contributed by atoms with E-state index < -0.39 is 0 Å². The number of H-pyrrole nitrogens is 1. The molecule has 3 aromatic rings. The van der Waals surface area contributed by atoms with E-state index in [9.17, 15) is 0 Å². The van der Waals surface area contributed by atoms with Gasteiger partial charge in [0.05, 0.1) is 5.69 Å². The molecule has 0 saturated heterocycles. The molecule has 0 saturated carbocycles. The first-order valence-corrected chi connectivity index (χ1v) is 6.70. The predicted octanol–water partition coefficient (Wildman–Crippen LogP) is 2.38. The van der Waals surface area contributed by atoms with Gasteiger partial charge in [0, 0.05) is 18.3 Å². The van der Waals surface area contributed by atoms with Crippen LogP contribution >= 0.6 is 0 Å². The summed E-state index contributed by atoms with van der Waals surface area (Å²) in [5, 5.41) is 7.39.